The number of alkyl halides is 1. The SMILES string of the molecule is CCc1ccc(S(=O)(=O)N(CC)C(C)CC)cc1CCl. The van der Waals surface area contributed by atoms with Gasteiger partial charge in [-0.25, -0.2) is 8.42 Å². The molecule has 1 unspecified atom stereocenters. The molecule has 0 radical (unpaired) electrons. The zero-order valence-corrected chi connectivity index (χ0v) is 14.3. The predicted molar refractivity (Wildman–Crippen MR) is 84.7 cm³/mol. The number of sulfonamides is 1. The summed E-state index contributed by atoms with van der Waals surface area (Å²) in [4.78, 5) is 0.340. The third-order valence-corrected chi connectivity index (χ3v) is 6.08. The van der Waals surface area contributed by atoms with E-state index in [1.807, 2.05) is 33.8 Å². The minimum Gasteiger partial charge on any atom is -0.207 e. The summed E-state index contributed by atoms with van der Waals surface area (Å²) in [7, 11) is -3.45. The van der Waals surface area contributed by atoms with Crippen LogP contribution in [0.15, 0.2) is 23.1 Å². The predicted octanol–water partition coefficient (Wildman–Crippen LogP) is 3.80. The molecule has 0 N–H and O–H groups in total. The largest absolute Gasteiger partial charge is 0.243 e. The van der Waals surface area contributed by atoms with Gasteiger partial charge in [0.25, 0.3) is 0 Å². The van der Waals surface area contributed by atoms with Crippen molar-refractivity contribution < 1.29 is 8.42 Å². The Kier molecular flexibility index (Phi) is 6.49. The van der Waals surface area contributed by atoms with Crippen LogP contribution >= 0.6 is 11.6 Å². The Bertz CT molecular complexity index is 543. The highest BCUT2D eigenvalue weighted by molar-refractivity contribution is 7.89. The van der Waals surface area contributed by atoms with Crippen molar-refractivity contribution >= 4 is 21.6 Å². The van der Waals surface area contributed by atoms with E-state index in [1.54, 1.807) is 16.4 Å². The summed E-state index contributed by atoms with van der Waals surface area (Å²) in [5.41, 5.74) is 2.00. The van der Waals surface area contributed by atoms with E-state index in [1.165, 1.54) is 0 Å². The van der Waals surface area contributed by atoms with Crippen LogP contribution in [0.3, 0.4) is 0 Å². The molecule has 0 aliphatic rings. The number of hydrogen-bond donors (Lipinski definition) is 0. The minimum absolute atomic E-state index is 0.00435. The van der Waals surface area contributed by atoms with E-state index in [-0.39, 0.29) is 6.04 Å². The molecular formula is C15H24ClNO2S. The first kappa shape index (κ1) is 17.5. The summed E-state index contributed by atoms with van der Waals surface area (Å²) >= 11 is 5.93. The second kappa shape index (κ2) is 7.43. The number of nitrogens with zero attached hydrogens (tertiary/aromatic N) is 1. The number of hydrogen-bond acceptors (Lipinski definition) is 2. The van der Waals surface area contributed by atoms with Crippen molar-refractivity contribution in [1.29, 1.82) is 0 Å². The van der Waals surface area contributed by atoms with E-state index < -0.39 is 10.0 Å². The van der Waals surface area contributed by atoms with Crippen LogP contribution in [0.5, 0.6) is 0 Å². The molecule has 3 nitrogen and oxygen atoms in total. The molecule has 0 bridgehead atoms. The summed E-state index contributed by atoms with van der Waals surface area (Å²) in [6.45, 7) is 8.31. The van der Waals surface area contributed by atoms with Gasteiger partial charge in [-0.05, 0) is 43.0 Å². The first-order chi connectivity index (χ1) is 9.42. The van der Waals surface area contributed by atoms with Crippen LogP contribution in [-0.2, 0) is 22.3 Å². The molecule has 20 heavy (non-hydrogen) atoms. The summed E-state index contributed by atoms with van der Waals surface area (Å²) in [5.74, 6) is 0.335. The van der Waals surface area contributed by atoms with Crippen LogP contribution in [0.2, 0.25) is 0 Å². The van der Waals surface area contributed by atoms with Crippen LogP contribution in [0, 0.1) is 0 Å². The lowest BCUT2D eigenvalue weighted by molar-refractivity contribution is 0.342. The summed E-state index contributed by atoms with van der Waals surface area (Å²) in [6, 6.07) is 5.27. The normalized spacial score (nSPS) is 13.7. The third kappa shape index (κ3) is 3.54. The van der Waals surface area contributed by atoms with E-state index >= 15 is 0 Å². The fraction of sp³-hybridized carbons (Fsp3) is 0.600. The van der Waals surface area contributed by atoms with Crippen LogP contribution in [0.1, 0.15) is 45.2 Å². The number of benzene rings is 1. The Morgan fingerprint density at radius 3 is 2.30 bits per heavy atom. The fourth-order valence-electron chi connectivity index (χ4n) is 2.29. The molecule has 0 fully saturated rings. The van der Waals surface area contributed by atoms with Crippen LogP contribution < -0.4 is 0 Å². The lowest BCUT2D eigenvalue weighted by atomic mass is 10.1. The molecule has 1 atom stereocenters. The second-order valence-corrected chi connectivity index (χ2v) is 7.04. The maximum atomic E-state index is 12.7. The zero-order valence-electron chi connectivity index (χ0n) is 12.7. The summed E-state index contributed by atoms with van der Waals surface area (Å²) in [5, 5.41) is 0. The number of rotatable bonds is 7. The van der Waals surface area contributed by atoms with Crippen molar-refractivity contribution in [2.24, 2.45) is 0 Å². The van der Waals surface area contributed by atoms with Crippen molar-refractivity contribution in [3.05, 3.63) is 29.3 Å². The highest BCUT2D eigenvalue weighted by Crippen LogP contribution is 2.23. The maximum Gasteiger partial charge on any atom is 0.243 e. The van der Waals surface area contributed by atoms with Gasteiger partial charge < -0.3 is 0 Å². The quantitative estimate of drug-likeness (QED) is 0.717. The van der Waals surface area contributed by atoms with Gasteiger partial charge in [0.2, 0.25) is 10.0 Å². The van der Waals surface area contributed by atoms with Gasteiger partial charge in [-0.2, -0.15) is 4.31 Å². The smallest absolute Gasteiger partial charge is 0.207 e. The van der Waals surface area contributed by atoms with Crippen LogP contribution in [0.4, 0.5) is 0 Å². The summed E-state index contributed by atoms with van der Waals surface area (Å²) < 4.78 is 27.0. The Morgan fingerprint density at radius 1 is 1.20 bits per heavy atom. The highest BCUT2D eigenvalue weighted by atomic mass is 35.5. The summed E-state index contributed by atoms with van der Waals surface area (Å²) in [6.07, 6.45) is 1.65. The molecule has 0 aliphatic heterocycles. The standard InChI is InChI=1S/C15H24ClNO2S/c1-5-12(4)17(7-3)20(18,19)15-9-8-13(6-2)14(10-15)11-16/h8-10,12H,5-7,11H2,1-4H3. The Labute approximate surface area is 128 Å². The van der Waals surface area contributed by atoms with Gasteiger partial charge in [-0.15, -0.1) is 11.6 Å². The first-order valence-electron chi connectivity index (χ1n) is 7.11. The monoisotopic (exact) mass is 317 g/mol. The molecule has 1 rings (SSSR count). The zero-order chi connectivity index (χ0) is 15.3. The van der Waals surface area contributed by atoms with Crippen molar-refractivity contribution in [2.75, 3.05) is 6.54 Å². The van der Waals surface area contributed by atoms with E-state index in [4.69, 9.17) is 11.6 Å². The Morgan fingerprint density at radius 2 is 1.85 bits per heavy atom. The molecule has 0 spiro atoms. The molecule has 0 heterocycles. The van der Waals surface area contributed by atoms with Gasteiger partial charge in [-0.3, -0.25) is 0 Å². The first-order valence-corrected chi connectivity index (χ1v) is 9.09. The van der Waals surface area contributed by atoms with Gasteiger partial charge in [0.1, 0.15) is 0 Å². The average Bonchev–Trinajstić information content (AvgIpc) is 2.46. The van der Waals surface area contributed by atoms with E-state index in [0.29, 0.717) is 17.3 Å². The fourth-order valence-corrected chi connectivity index (χ4v) is 4.30. The molecule has 114 valence electrons. The lowest BCUT2D eigenvalue weighted by Crippen LogP contribution is -2.38. The maximum absolute atomic E-state index is 12.7. The second-order valence-electron chi connectivity index (χ2n) is 4.88. The Balaban J connectivity index is 3.27. The van der Waals surface area contributed by atoms with Crippen LogP contribution in [-0.4, -0.2) is 25.3 Å². The van der Waals surface area contributed by atoms with Crippen LogP contribution in [0.25, 0.3) is 0 Å². The van der Waals surface area contributed by atoms with Crippen molar-refractivity contribution in [1.82, 2.24) is 4.31 Å². The number of aryl methyl sites for hydroxylation is 1. The topological polar surface area (TPSA) is 37.4 Å². The minimum atomic E-state index is -3.45. The van der Waals surface area contributed by atoms with Crippen molar-refractivity contribution in [3.63, 3.8) is 0 Å². The Hall–Kier alpha value is -0.580. The van der Waals surface area contributed by atoms with Gasteiger partial charge in [-0.1, -0.05) is 26.8 Å². The molecule has 5 heteroatoms. The van der Waals surface area contributed by atoms with E-state index in [2.05, 4.69) is 0 Å². The molecule has 0 saturated heterocycles. The average molecular weight is 318 g/mol. The van der Waals surface area contributed by atoms with Gasteiger partial charge in [0.05, 0.1) is 4.90 Å². The molecule has 1 aromatic carbocycles. The highest BCUT2D eigenvalue weighted by Gasteiger charge is 2.27. The molecular weight excluding hydrogens is 294 g/mol. The van der Waals surface area contributed by atoms with Crippen molar-refractivity contribution in [2.45, 2.75) is 57.4 Å². The molecule has 1 aromatic rings. The molecule has 0 aromatic heterocycles. The lowest BCUT2D eigenvalue weighted by Gasteiger charge is -2.26. The van der Waals surface area contributed by atoms with Gasteiger partial charge in [0.15, 0.2) is 0 Å². The van der Waals surface area contributed by atoms with Gasteiger partial charge >= 0.3 is 0 Å². The third-order valence-electron chi connectivity index (χ3n) is 3.70. The molecule has 0 amide bonds. The molecule has 0 saturated carbocycles. The number of halogens is 1. The van der Waals surface area contributed by atoms with E-state index in [0.717, 1.165) is 24.0 Å². The van der Waals surface area contributed by atoms with E-state index in [9.17, 15) is 8.42 Å². The van der Waals surface area contributed by atoms with Gasteiger partial charge in [0, 0.05) is 18.5 Å². The molecule has 0 aliphatic carbocycles. The van der Waals surface area contributed by atoms with Crippen molar-refractivity contribution in [3.8, 4) is 0 Å².